The van der Waals surface area contributed by atoms with Crippen molar-refractivity contribution in [1.82, 2.24) is 0 Å². The zero-order valence-corrected chi connectivity index (χ0v) is 12.6. The van der Waals surface area contributed by atoms with Crippen LogP contribution in [0.3, 0.4) is 0 Å². The first-order valence-corrected chi connectivity index (χ1v) is 7.58. The molecule has 0 aliphatic rings. The third-order valence-electron chi connectivity index (χ3n) is 3.04. The van der Waals surface area contributed by atoms with Crippen molar-refractivity contribution in [3.63, 3.8) is 0 Å². The van der Waals surface area contributed by atoms with Crippen LogP contribution < -0.4 is 5.63 Å². The Bertz CT molecular complexity index is 707. The first-order chi connectivity index (χ1) is 10.0. The maximum Gasteiger partial charge on any atom is 0.336 e. The molecule has 6 heteroatoms. The van der Waals surface area contributed by atoms with E-state index in [1.54, 1.807) is 30.8 Å². The summed E-state index contributed by atoms with van der Waals surface area (Å²) in [4.78, 5) is 22.9. The van der Waals surface area contributed by atoms with Crippen LogP contribution in [0.25, 0.3) is 11.0 Å². The van der Waals surface area contributed by atoms with Gasteiger partial charge in [0.1, 0.15) is 11.3 Å². The fourth-order valence-corrected chi connectivity index (χ4v) is 3.02. The Morgan fingerprint density at radius 3 is 2.90 bits per heavy atom. The highest BCUT2D eigenvalue weighted by Crippen LogP contribution is 2.25. The van der Waals surface area contributed by atoms with Crippen molar-refractivity contribution in [3.8, 4) is 5.75 Å². The number of esters is 1. The van der Waals surface area contributed by atoms with Gasteiger partial charge in [-0.25, -0.2) is 4.79 Å². The predicted molar refractivity (Wildman–Crippen MR) is 81.5 cm³/mol. The molecule has 1 aromatic heterocycles. The second kappa shape index (κ2) is 6.67. The molecule has 0 spiro atoms. The Morgan fingerprint density at radius 2 is 2.19 bits per heavy atom. The number of thioether (sulfide) groups is 1. The smallest absolute Gasteiger partial charge is 0.336 e. The van der Waals surface area contributed by atoms with Crippen molar-refractivity contribution in [2.45, 2.75) is 12.7 Å². The summed E-state index contributed by atoms with van der Waals surface area (Å²) in [5.74, 6) is 0.788. The van der Waals surface area contributed by atoms with Crippen LogP contribution in [0.5, 0.6) is 5.75 Å². The van der Waals surface area contributed by atoms with Crippen molar-refractivity contribution in [1.29, 1.82) is 0 Å². The van der Waals surface area contributed by atoms with E-state index in [0.29, 0.717) is 17.1 Å². The van der Waals surface area contributed by atoms with E-state index >= 15 is 0 Å². The maximum absolute atomic E-state index is 11.5. The van der Waals surface area contributed by atoms with E-state index in [0.717, 1.165) is 10.9 Å². The van der Waals surface area contributed by atoms with Crippen molar-refractivity contribution in [3.05, 3.63) is 40.2 Å². The van der Waals surface area contributed by atoms with E-state index in [4.69, 9.17) is 4.42 Å². The molecule has 1 heterocycles. The minimum atomic E-state index is -0.454. The number of carbonyl (C=O) groups is 1. The Kier molecular flexibility index (Phi) is 4.90. The predicted octanol–water partition coefficient (Wildman–Crippen LogP) is 2.54. The lowest BCUT2D eigenvalue weighted by atomic mass is 10.1. The van der Waals surface area contributed by atoms with Crippen LogP contribution in [0.4, 0.5) is 0 Å². The zero-order chi connectivity index (χ0) is 15.4. The Balaban J connectivity index is 2.15. The summed E-state index contributed by atoms with van der Waals surface area (Å²) in [5.41, 5.74) is 0.729. The molecule has 1 N–H and O–H groups in total. The first kappa shape index (κ1) is 15.4. The van der Waals surface area contributed by atoms with Crippen LogP contribution >= 0.6 is 11.8 Å². The molecule has 0 saturated heterocycles. The van der Waals surface area contributed by atoms with E-state index in [1.165, 1.54) is 19.2 Å². The number of carbonyl (C=O) groups excluding carboxylic acids is 1. The fraction of sp³-hybridized carbons (Fsp3) is 0.333. The van der Waals surface area contributed by atoms with Gasteiger partial charge in [0, 0.05) is 29.0 Å². The summed E-state index contributed by atoms with van der Waals surface area (Å²) in [6, 6.07) is 6.12. The lowest BCUT2D eigenvalue weighted by Gasteiger charge is -2.09. The topological polar surface area (TPSA) is 76.7 Å². The van der Waals surface area contributed by atoms with Gasteiger partial charge >= 0.3 is 11.6 Å². The molecule has 1 unspecified atom stereocenters. The van der Waals surface area contributed by atoms with Gasteiger partial charge < -0.3 is 14.3 Å². The van der Waals surface area contributed by atoms with Crippen LogP contribution in [0.2, 0.25) is 0 Å². The standard InChI is InChI=1S/C15H16O5S/c1-9(15(18)19-2)7-21-8-10-5-14(17)20-13-6-11(16)3-4-12(10)13/h3-6,9,16H,7-8H2,1-2H3. The van der Waals surface area contributed by atoms with Gasteiger partial charge in [-0.2, -0.15) is 11.8 Å². The molecule has 0 fully saturated rings. The molecule has 21 heavy (non-hydrogen) atoms. The first-order valence-electron chi connectivity index (χ1n) is 6.42. The number of aromatic hydroxyl groups is 1. The van der Waals surface area contributed by atoms with Gasteiger partial charge in [0.2, 0.25) is 0 Å². The van der Waals surface area contributed by atoms with E-state index in [1.807, 2.05) is 0 Å². The molecule has 0 aliphatic heterocycles. The number of methoxy groups -OCH3 is 1. The van der Waals surface area contributed by atoms with Gasteiger partial charge in [0.05, 0.1) is 13.0 Å². The maximum atomic E-state index is 11.5. The molecular formula is C15H16O5S. The third kappa shape index (κ3) is 3.78. The van der Waals surface area contributed by atoms with Gasteiger partial charge in [-0.05, 0) is 17.7 Å². The van der Waals surface area contributed by atoms with Crippen LogP contribution in [0, 0.1) is 5.92 Å². The SMILES string of the molecule is COC(=O)C(C)CSCc1cc(=O)oc2cc(O)ccc12. The zero-order valence-electron chi connectivity index (χ0n) is 11.8. The van der Waals surface area contributed by atoms with Crippen LogP contribution in [-0.4, -0.2) is 23.9 Å². The molecule has 5 nitrogen and oxygen atoms in total. The molecule has 0 saturated carbocycles. The molecule has 112 valence electrons. The summed E-state index contributed by atoms with van der Waals surface area (Å²) in [5, 5.41) is 10.2. The molecule has 0 aliphatic carbocycles. The summed E-state index contributed by atoms with van der Waals surface area (Å²) in [6.07, 6.45) is 0. The van der Waals surface area contributed by atoms with Gasteiger partial charge in [-0.15, -0.1) is 0 Å². The average Bonchev–Trinajstić information content (AvgIpc) is 2.45. The highest BCUT2D eigenvalue weighted by Gasteiger charge is 2.13. The highest BCUT2D eigenvalue weighted by molar-refractivity contribution is 7.98. The minimum Gasteiger partial charge on any atom is -0.508 e. The van der Waals surface area contributed by atoms with Gasteiger partial charge in [-0.1, -0.05) is 6.92 Å². The number of ether oxygens (including phenoxy) is 1. The van der Waals surface area contributed by atoms with E-state index in [9.17, 15) is 14.7 Å². The lowest BCUT2D eigenvalue weighted by molar-refractivity contribution is -0.143. The van der Waals surface area contributed by atoms with Crippen LogP contribution in [-0.2, 0) is 15.3 Å². The number of rotatable bonds is 5. The largest absolute Gasteiger partial charge is 0.508 e. The van der Waals surface area contributed by atoms with Crippen molar-refractivity contribution < 1.29 is 19.1 Å². The Morgan fingerprint density at radius 1 is 1.43 bits per heavy atom. The van der Waals surface area contributed by atoms with Crippen LogP contribution in [0.1, 0.15) is 12.5 Å². The molecule has 0 radical (unpaired) electrons. The molecule has 1 aromatic carbocycles. The van der Waals surface area contributed by atoms with Gasteiger partial charge in [0.25, 0.3) is 0 Å². The molecule has 0 amide bonds. The number of phenolic OH excluding ortho intramolecular Hbond substituents is 1. The Labute approximate surface area is 125 Å². The van der Waals surface area contributed by atoms with E-state index in [2.05, 4.69) is 4.74 Å². The quantitative estimate of drug-likeness (QED) is 0.675. The second-order valence-electron chi connectivity index (χ2n) is 4.71. The van der Waals surface area contributed by atoms with Gasteiger partial charge in [0.15, 0.2) is 0 Å². The number of hydrogen-bond donors (Lipinski definition) is 1. The molecule has 2 aromatic rings. The lowest BCUT2D eigenvalue weighted by Crippen LogP contribution is -2.15. The molecule has 1 atom stereocenters. The van der Waals surface area contributed by atoms with E-state index < -0.39 is 5.63 Å². The average molecular weight is 308 g/mol. The van der Waals surface area contributed by atoms with Gasteiger partial charge in [-0.3, -0.25) is 4.79 Å². The fourth-order valence-electron chi connectivity index (χ4n) is 1.95. The Hall–Kier alpha value is -1.95. The third-order valence-corrected chi connectivity index (χ3v) is 4.29. The van der Waals surface area contributed by atoms with Crippen LogP contribution in [0.15, 0.2) is 33.5 Å². The number of benzene rings is 1. The molecule has 2 rings (SSSR count). The van der Waals surface area contributed by atoms with E-state index in [-0.39, 0.29) is 17.6 Å². The summed E-state index contributed by atoms with van der Waals surface area (Å²) in [7, 11) is 1.37. The number of hydrogen-bond acceptors (Lipinski definition) is 6. The highest BCUT2D eigenvalue weighted by atomic mass is 32.2. The molecule has 0 bridgehead atoms. The van der Waals surface area contributed by atoms with Crippen molar-refractivity contribution in [2.24, 2.45) is 5.92 Å². The molecular weight excluding hydrogens is 292 g/mol. The number of phenols is 1. The normalized spacial score (nSPS) is 12.3. The van der Waals surface area contributed by atoms with Crippen molar-refractivity contribution in [2.75, 3.05) is 12.9 Å². The second-order valence-corrected chi connectivity index (χ2v) is 5.74. The monoisotopic (exact) mass is 308 g/mol. The summed E-state index contributed by atoms with van der Waals surface area (Å²) in [6.45, 7) is 1.80. The van der Waals surface area contributed by atoms with Crippen molar-refractivity contribution >= 4 is 28.7 Å². The summed E-state index contributed by atoms with van der Waals surface area (Å²) < 4.78 is 9.74. The summed E-state index contributed by atoms with van der Waals surface area (Å²) >= 11 is 1.54. The minimum absolute atomic E-state index is 0.0507. The number of fused-ring (bicyclic) bond motifs is 1.